The highest BCUT2D eigenvalue weighted by molar-refractivity contribution is 6.37. The molecule has 176 valence electrons. The van der Waals surface area contributed by atoms with Crippen LogP contribution in [0, 0.1) is 5.82 Å². The van der Waals surface area contributed by atoms with Crippen molar-refractivity contribution >= 4 is 45.7 Å². The van der Waals surface area contributed by atoms with Crippen LogP contribution in [-0.2, 0) is 11.3 Å². The minimum atomic E-state index is -0.581. The van der Waals surface area contributed by atoms with Gasteiger partial charge in [0.15, 0.2) is 5.65 Å². The summed E-state index contributed by atoms with van der Waals surface area (Å²) in [6.45, 7) is 0.187. The summed E-state index contributed by atoms with van der Waals surface area (Å²) >= 11 is 12.0. The molecule has 2 aromatic carbocycles. The zero-order valence-corrected chi connectivity index (χ0v) is 19.6. The Morgan fingerprint density at radius 3 is 2.63 bits per heavy atom. The second-order valence-electron chi connectivity index (χ2n) is 7.61. The number of benzene rings is 2. The van der Waals surface area contributed by atoms with Crippen LogP contribution in [-0.4, -0.2) is 32.3 Å². The first-order valence-corrected chi connectivity index (χ1v) is 11.1. The highest BCUT2D eigenvalue weighted by Gasteiger charge is 2.19. The lowest BCUT2D eigenvalue weighted by molar-refractivity contribution is 0.101. The van der Waals surface area contributed by atoms with Gasteiger partial charge in [-0.3, -0.25) is 15.0 Å². The highest BCUT2D eigenvalue weighted by atomic mass is 35.5. The molecule has 5 rings (SSSR count). The van der Waals surface area contributed by atoms with E-state index in [1.54, 1.807) is 18.2 Å². The summed E-state index contributed by atoms with van der Waals surface area (Å²) in [5.41, 5.74) is 5.08. The molecule has 0 fully saturated rings. The number of hydrogen-bond acceptors (Lipinski definition) is 5. The fraction of sp³-hybridized carbons (Fsp3) is 0.0833. The van der Waals surface area contributed by atoms with Gasteiger partial charge in [0.1, 0.15) is 5.82 Å². The van der Waals surface area contributed by atoms with Gasteiger partial charge in [-0.2, -0.15) is 5.10 Å². The van der Waals surface area contributed by atoms with E-state index in [0.717, 1.165) is 4.68 Å². The lowest BCUT2D eigenvalue weighted by Crippen LogP contribution is -2.33. The summed E-state index contributed by atoms with van der Waals surface area (Å²) in [7, 11) is 1.54. The van der Waals surface area contributed by atoms with Crippen molar-refractivity contribution in [3.8, 4) is 11.1 Å². The average molecular weight is 512 g/mol. The van der Waals surface area contributed by atoms with Crippen molar-refractivity contribution in [1.29, 1.82) is 0 Å². The Kier molecular flexibility index (Phi) is 5.98. The van der Waals surface area contributed by atoms with Crippen LogP contribution < -0.4 is 11.0 Å². The van der Waals surface area contributed by atoms with E-state index in [1.165, 1.54) is 54.4 Å². The normalized spacial score (nSPS) is 11.3. The van der Waals surface area contributed by atoms with Crippen molar-refractivity contribution in [2.24, 2.45) is 0 Å². The number of fused-ring (bicyclic) bond motifs is 3. The molecule has 0 aliphatic rings. The first-order valence-electron chi connectivity index (χ1n) is 10.3. The molecule has 1 amide bonds. The largest absolute Gasteiger partial charge is 0.378 e. The minimum absolute atomic E-state index is 0.155. The number of halogens is 3. The van der Waals surface area contributed by atoms with E-state index in [0.29, 0.717) is 33.0 Å². The molecule has 35 heavy (non-hydrogen) atoms. The van der Waals surface area contributed by atoms with E-state index >= 15 is 0 Å². The molecule has 0 unspecified atom stereocenters. The predicted molar refractivity (Wildman–Crippen MR) is 131 cm³/mol. The topological polar surface area (TPSA) is 90.5 Å². The van der Waals surface area contributed by atoms with Crippen molar-refractivity contribution in [2.75, 3.05) is 12.5 Å². The lowest BCUT2D eigenvalue weighted by Gasteiger charge is -2.11. The number of ether oxygens (including phenoxy) is 1. The molecule has 0 spiro atoms. The van der Waals surface area contributed by atoms with Crippen LogP contribution in [0.5, 0.6) is 0 Å². The van der Waals surface area contributed by atoms with E-state index in [2.05, 4.69) is 15.5 Å². The monoisotopic (exact) mass is 511 g/mol. The summed E-state index contributed by atoms with van der Waals surface area (Å²) in [5.74, 6) is -0.943. The fourth-order valence-corrected chi connectivity index (χ4v) is 4.29. The van der Waals surface area contributed by atoms with Crippen LogP contribution in [0.2, 0.25) is 10.0 Å². The first-order chi connectivity index (χ1) is 16.9. The molecule has 8 nitrogen and oxygen atoms in total. The van der Waals surface area contributed by atoms with Crippen molar-refractivity contribution in [3.05, 3.63) is 98.4 Å². The molecule has 0 radical (unpaired) electrons. The lowest BCUT2D eigenvalue weighted by atomic mass is 10.1. The first kappa shape index (κ1) is 23.0. The van der Waals surface area contributed by atoms with Crippen molar-refractivity contribution < 1.29 is 13.9 Å². The van der Waals surface area contributed by atoms with Gasteiger partial charge >= 0.3 is 0 Å². The number of carbonyl (C=O) groups is 1. The summed E-state index contributed by atoms with van der Waals surface area (Å²) in [5, 5.41) is 5.36. The van der Waals surface area contributed by atoms with Gasteiger partial charge in [0, 0.05) is 24.5 Å². The number of amides is 1. The zero-order valence-electron chi connectivity index (χ0n) is 18.1. The number of nitrogens with zero attached hydrogens (tertiary/aromatic N) is 4. The van der Waals surface area contributed by atoms with Gasteiger partial charge in [0.05, 0.1) is 39.4 Å². The van der Waals surface area contributed by atoms with Gasteiger partial charge in [0.25, 0.3) is 11.5 Å². The molecule has 3 aromatic heterocycles. The molecule has 0 aliphatic carbocycles. The molecular formula is C24H16Cl2FN5O3. The summed E-state index contributed by atoms with van der Waals surface area (Å²) < 4.78 is 21.3. The zero-order chi connectivity index (χ0) is 24.7. The third-order valence-corrected chi connectivity index (χ3v) is 5.94. The molecular weight excluding hydrogens is 496 g/mol. The maximum Gasteiger partial charge on any atom is 0.280 e. The molecule has 0 aliphatic heterocycles. The van der Waals surface area contributed by atoms with Gasteiger partial charge in [-0.15, -0.1) is 0 Å². The Hall–Kier alpha value is -3.79. The van der Waals surface area contributed by atoms with E-state index in [1.807, 2.05) is 0 Å². The minimum Gasteiger partial charge on any atom is -0.378 e. The van der Waals surface area contributed by atoms with E-state index in [-0.39, 0.29) is 28.4 Å². The van der Waals surface area contributed by atoms with Crippen molar-refractivity contribution in [1.82, 2.24) is 19.3 Å². The Morgan fingerprint density at radius 2 is 1.91 bits per heavy atom. The van der Waals surface area contributed by atoms with Gasteiger partial charge in [-0.25, -0.2) is 18.6 Å². The molecule has 3 heterocycles. The van der Waals surface area contributed by atoms with E-state index in [9.17, 15) is 14.0 Å². The second-order valence-corrected chi connectivity index (χ2v) is 8.45. The van der Waals surface area contributed by atoms with E-state index in [4.69, 9.17) is 27.9 Å². The second kappa shape index (κ2) is 9.10. The maximum atomic E-state index is 13.5. The van der Waals surface area contributed by atoms with Crippen LogP contribution >= 0.6 is 23.2 Å². The SMILES string of the molecule is COCc1nn2c(ncc3c(=O)n(NC(=O)c4ccc(Cl)cc4Cl)ccc32)c1-c1ccc(F)cc1. The Balaban J connectivity index is 1.61. The van der Waals surface area contributed by atoms with Gasteiger partial charge in [0.2, 0.25) is 0 Å². The molecule has 11 heteroatoms. The van der Waals surface area contributed by atoms with Gasteiger partial charge in [-0.1, -0.05) is 35.3 Å². The number of pyridine rings is 1. The number of hydrogen-bond donors (Lipinski definition) is 1. The average Bonchev–Trinajstić information content (AvgIpc) is 3.20. The van der Waals surface area contributed by atoms with Gasteiger partial charge in [-0.05, 0) is 42.0 Å². The van der Waals surface area contributed by atoms with Crippen LogP contribution in [0.4, 0.5) is 4.39 Å². The quantitative estimate of drug-likeness (QED) is 0.369. The summed E-state index contributed by atoms with van der Waals surface area (Å²) in [4.78, 5) is 30.3. The summed E-state index contributed by atoms with van der Waals surface area (Å²) in [6, 6.07) is 12.0. The number of nitrogens with one attached hydrogen (secondary N) is 1. The van der Waals surface area contributed by atoms with Crippen LogP contribution in [0.3, 0.4) is 0 Å². The molecule has 5 aromatic rings. The number of carbonyl (C=O) groups excluding carboxylic acids is 1. The van der Waals surface area contributed by atoms with Crippen LogP contribution in [0.15, 0.2) is 65.7 Å². The fourth-order valence-electron chi connectivity index (χ4n) is 3.80. The Labute approximate surface area is 207 Å². The third-order valence-electron chi connectivity index (χ3n) is 5.40. The standard InChI is InChI=1S/C24H16Cl2FN5O3/c1-35-12-19-21(13-2-5-15(27)6-3-13)22-28-11-17-20(32(22)29-19)8-9-31(24(17)34)30-23(33)16-7-4-14(25)10-18(16)26/h2-11H,12H2,1H3,(H,30,33). The smallest absolute Gasteiger partial charge is 0.280 e. The molecule has 0 saturated carbocycles. The summed E-state index contributed by atoms with van der Waals surface area (Å²) in [6.07, 6.45) is 2.83. The Bertz CT molecular complexity index is 1660. The molecule has 0 bridgehead atoms. The van der Waals surface area contributed by atoms with Crippen LogP contribution in [0.1, 0.15) is 16.1 Å². The van der Waals surface area contributed by atoms with E-state index < -0.39 is 11.5 Å². The number of methoxy groups -OCH3 is 1. The number of aromatic nitrogens is 4. The van der Waals surface area contributed by atoms with Crippen molar-refractivity contribution in [2.45, 2.75) is 6.61 Å². The maximum absolute atomic E-state index is 13.5. The molecule has 1 N–H and O–H groups in total. The van der Waals surface area contributed by atoms with Crippen molar-refractivity contribution in [3.63, 3.8) is 0 Å². The highest BCUT2D eigenvalue weighted by Crippen LogP contribution is 2.29. The molecule has 0 atom stereocenters. The predicted octanol–water partition coefficient (Wildman–Crippen LogP) is 4.69. The van der Waals surface area contributed by atoms with Crippen LogP contribution in [0.25, 0.3) is 27.7 Å². The van der Waals surface area contributed by atoms with Gasteiger partial charge < -0.3 is 4.74 Å². The molecule has 0 saturated heterocycles. The Morgan fingerprint density at radius 1 is 1.14 bits per heavy atom. The third kappa shape index (κ3) is 4.14. The number of rotatable bonds is 5.